The van der Waals surface area contributed by atoms with Crippen molar-refractivity contribution in [2.45, 2.75) is 13.2 Å². The maximum atomic E-state index is 12.4. The Labute approximate surface area is 159 Å². The highest BCUT2D eigenvalue weighted by atomic mass is 16.6. The molecule has 28 heavy (non-hydrogen) atoms. The number of rotatable bonds is 6. The first-order chi connectivity index (χ1) is 13.5. The molecule has 0 saturated carbocycles. The average molecular weight is 380 g/mol. The van der Waals surface area contributed by atoms with Crippen molar-refractivity contribution in [1.29, 1.82) is 0 Å². The number of hydrogen-bond acceptors (Lipinski definition) is 6. The van der Waals surface area contributed by atoms with Crippen LogP contribution in [0.25, 0.3) is 0 Å². The summed E-state index contributed by atoms with van der Waals surface area (Å²) in [6.07, 6.45) is -0.983. The molecule has 0 atom stereocenters. The van der Waals surface area contributed by atoms with Crippen molar-refractivity contribution in [2.24, 2.45) is 0 Å². The number of carboxylic acids is 1. The maximum absolute atomic E-state index is 12.4. The van der Waals surface area contributed by atoms with Gasteiger partial charge >= 0.3 is 18.0 Å². The van der Waals surface area contributed by atoms with Gasteiger partial charge in [-0.1, -0.05) is 60.7 Å². The van der Waals surface area contributed by atoms with Crippen molar-refractivity contribution in [3.63, 3.8) is 0 Å². The van der Waals surface area contributed by atoms with Crippen LogP contribution < -0.4 is 0 Å². The largest absolute Gasteiger partial charge is 0.476 e. The lowest BCUT2D eigenvalue weighted by Crippen LogP contribution is -2.21. The third kappa shape index (κ3) is 4.61. The number of carbonyl (C=O) groups excluding carboxylic acids is 2. The van der Waals surface area contributed by atoms with E-state index in [1.165, 1.54) is 0 Å². The highest BCUT2D eigenvalue weighted by Gasteiger charge is 2.25. The summed E-state index contributed by atoms with van der Waals surface area (Å²) in [5, 5.41) is 12.8. The lowest BCUT2D eigenvalue weighted by molar-refractivity contribution is 0.0454. The molecule has 1 N–H and O–H groups in total. The smallest absolute Gasteiger partial charge is 0.435 e. The summed E-state index contributed by atoms with van der Waals surface area (Å²) in [6, 6.07) is 18.8. The zero-order chi connectivity index (χ0) is 19.9. The van der Waals surface area contributed by atoms with Crippen molar-refractivity contribution in [3.8, 4) is 0 Å². The second-order valence-corrected chi connectivity index (χ2v) is 5.73. The van der Waals surface area contributed by atoms with Crippen molar-refractivity contribution < 1.29 is 29.0 Å². The summed E-state index contributed by atoms with van der Waals surface area (Å²) in [5.41, 5.74) is 0.677. The molecule has 0 unspecified atom stereocenters. The minimum Gasteiger partial charge on any atom is -0.476 e. The fraction of sp³-hybridized carbons (Fsp3) is 0.100. The topological polar surface area (TPSA) is 108 Å². The zero-order valence-electron chi connectivity index (χ0n) is 14.6. The quantitative estimate of drug-likeness (QED) is 0.655. The number of esters is 1. The van der Waals surface area contributed by atoms with Crippen LogP contribution >= 0.6 is 0 Å². The number of nitrogens with zero attached hydrogens (tertiary/aromatic N) is 2. The molecule has 8 nitrogen and oxygen atoms in total. The second kappa shape index (κ2) is 8.63. The van der Waals surface area contributed by atoms with Gasteiger partial charge in [-0.2, -0.15) is 9.78 Å². The molecule has 0 spiro atoms. The van der Waals surface area contributed by atoms with E-state index in [9.17, 15) is 14.4 Å². The van der Waals surface area contributed by atoms with E-state index in [2.05, 4.69) is 5.10 Å². The van der Waals surface area contributed by atoms with Crippen molar-refractivity contribution >= 4 is 18.0 Å². The molecule has 0 aliphatic carbocycles. The first-order valence-corrected chi connectivity index (χ1v) is 8.30. The number of aromatic nitrogens is 2. The summed E-state index contributed by atoms with van der Waals surface area (Å²) in [7, 11) is 0. The molecule has 0 radical (unpaired) electrons. The van der Waals surface area contributed by atoms with Gasteiger partial charge < -0.3 is 14.6 Å². The second-order valence-electron chi connectivity index (χ2n) is 5.73. The Kier molecular flexibility index (Phi) is 5.81. The Bertz CT molecular complexity index is 909. The number of carboxylic acid groups (broad SMARTS) is 1. The zero-order valence-corrected chi connectivity index (χ0v) is 14.6. The molecular formula is C20H16N2O6. The van der Waals surface area contributed by atoms with Crippen LogP contribution in [0.4, 0.5) is 4.79 Å². The first-order valence-electron chi connectivity index (χ1n) is 8.30. The standard InChI is InChI=1S/C20H16N2O6/c23-18(24)16-11-17(19(25)27-12-14-7-3-1-4-8-14)22(21-16)20(26)28-13-15-9-5-2-6-10-15/h1-11H,12-13H2,(H,23,24). The van der Waals surface area contributed by atoms with Crippen LogP contribution in [0.5, 0.6) is 0 Å². The number of hydrogen-bond donors (Lipinski definition) is 1. The van der Waals surface area contributed by atoms with Gasteiger partial charge in [-0.15, -0.1) is 0 Å². The summed E-state index contributed by atoms with van der Waals surface area (Å²) in [5.74, 6) is -2.27. The van der Waals surface area contributed by atoms with E-state index in [0.29, 0.717) is 4.68 Å². The van der Waals surface area contributed by atoms with Gasteiger partial charge in [0, 0.05) is 6.07 Å². The molecule has 0 saturated heterocycles. The molecule has 0 fully saturated rings. The number of benzene rings is 2. The van der Waals surface area contributed by atoms with Gasteiger partial charge in [0.25, 0.3) is 0 Å². The van der Waals surface area contributed by atoms with Crippen LogP contribution in [0.2, 0.25) is 0 Å². The summed E-state index contributed by atoms with van der Waals surface area (Å²) in [4.78, 5) is 35.9. The van der Waals surface area contributed by atoms with Gasteiger partial charge in [0.15, 0.2) is 11.4 Å². The third-order valence-corrected chi connectivity index (χ3v) is 3.73. The molecule has 0 aliphatic rings. The van der Waals surface area contributed by atoms with Crippen LogP contribution in [-0.4, -0.2) is 32.9 Å². The van der Waals surface area contributed by atoms with Gasteiger partial charge in [0.1, 0.15) is 13.2 Å². The Morgan fingerprint density at radius 3 is 1.93 bits per heavy atom. The fourth-order valence-electron chi connectivity index (χ4n) is 2.35. The van der Waals surface area contributed by atoms with E-state index < -0.39 is 23.7 Å². The number of aromatic carboxylic acids is 1. The molecule has 3 rings (SSSR count). The van der Waals surface area contributed by atoms with Crippen LogP contribution in [0, 0.1) is 0 Å². The molecule has 0 aliphatic heterocycles. The van der Waals surface area contributed by atoms with E-state index in [-0.39, 0.29) is 18.9 Å². The first kappa shape index (κ1) is 18.8. The highest BCUT2D eigenvalue weighted by Crippen LogP contribution is 2.11. The van der Waals surface area contributed by atoms with E-state index in [1.54, 1.807) is 48.5 Å². The average Bonchev–Trinajstić information content (AvgIpc) is 3.18. The maximum Gasteiger partial charge on any atom is 0.435 e. The molecule has 142 valence electrons. The van der Waals surface area contributed by atoms with E-state index in [1.807, 2.05) is 12.1 Å². The highest BCUT2D eigenvalue weighted by molar-refractivity contribution is 5.95. The van der Waals surface area contributed by atoms with E-state index >= 15 is 0 Å². The van der Waals surface area contributed by atoms with Crippen molar-refractivity contribution in [1.82, 2.24) is 9.78 Å². The lowest BCUT2D eigenvalue weighted by Gasteiger charge is -2.08. The normalized spacial score (nSPS) is 10.3. The molecule has 1 aromatic heterocycles. The van der Waals surface area contributed by atoms with Crippen LogP contribution in [0.15, 0.2) is 66.7 Å². The van der Waals surface area contributed by atoms with Gasteiger partial charge in [-0.3, -0.25) is 0 Å². The molecule has 0 amide bonds. The van der Waals surface area contributed by atoms with Crippen molar-refractivity contribution in [3.05, 3.63) is 89.2 Å². The Hall–Kier alpha value is -3.94. The molecular weight excluding hydrogens is 364 g/mol. The predicted molar refractivity (Wildman–Crippen MR) is 96.8 cm³/mol. The Balaban J connectivity index is 1.75. The molecule has 0 bridgehead atoms. The minimum absolute atomic E-state index is 0.0354. The number of carbonyl (C=O) groups is 3. The van der Waals surface area contributed by atoms with Crippen LogP contribution in [0.1, 0.15) is 32.1 Å². The SMILES string of the molecule is O=C(O)c1cc(C(=O)OCc2ccccc2)n(C(=O)OCc2ccccc2)n1. The monoisotopic (exact) mass is 380 g/mol. The Morgan fingerprint density at radius 2 is 1.39 bits per heavy atom. The fourth-order valence-corrected chi connectivity index (χ4v) is 2.35. The molecule has 8 heteroatoms. The van der Waals surface area contributed by atoms with Crippen LogP contribution in [0.3, 0.4) is 0 Å². The summed E-state index contributed by atoms with van der Waals surface area (Å²) < 4.78 is 10.9. The van der Waals surface area contributed by atoms with Gasteiger partial charge in [-0.05, 0) is 11.1 Å². The predicted octanol–water partition coefficient (Wildman–Crippen LogP) is 3.12. The summed E-state index contributed by atoms with van der Waals surface area (Å²) in [6.45, 7) is -0.0905. The van der Waals surface area contributed by atoms with Gasteiger partial charge in [0.05, 0.1) is 0 Å². The van der Waals surface area contributed by atoms with E-state index in [4.69, 9.17) is 14.6 Å². The molecule has 2 aromatic carbocycles. The van der Waals surface area contributed by atoms with Gasteiger partial charge in [-0.25, -0.2) is 14.4 Å². The van der Waals surface area contributed by atoms with Gasteiger partial charge in [0.2, 0.25) is 0 Å². The lowest BCUT2D eigenvalue weighted by atomic mass is 10.2. The molecule has 1 heterocycles. The third-order valence-electron chi connectivity index (χ3n) is 3.73. The minimum atomic E-state index is -1.38. The van der Waals surface area contributed by atoms with Crippen LogP contribution in [-0.2, 0) is 22.7 Å². The van der Waals surface area contributed by atoms with E-state index in [0.717, 1.165) is 17.2 Å². The summed E-state index contributed by atoms with van der Waals surface area (Å²) >= 11 is 0. The number of ether oxygens (including phenoxy) is 2. The molecule has 3 aromatic rings. The Morgan fingerprint density at radius 1 is 0.857 bits per heavy atom. The van der Waals surface area contributed by atoms with Crippen molar-refractivity contribution in [2.75, 3.05) is 0 Å².